The number of nitrogens with zero attached hydrogens (tertiary/aromatic N) is 4. The van der Waals surface area contributed by atoms with Crippen LogP contribution in [0.5, 0.6) is 0 Å². The van der Waals surface area contributed by atoms with Gasteiger partial charge in [-0.15, -0.1) is 0 Å². The number of anilines is 1. The summed E-state index contributed by atoms with van der Waals surface area (Å²) in [5.41, 5.74) is 3.60. The summed E-state index contributed by atoms with van der Waals surface area (Å²) in [5, 5.41) is 14.2. The predicted octanol–water partition coefficient (Wildman–Crippen LogP) is 2.97. The summed E-state index contributed by atoms with van der Waals surface area (Å²) in [6, 6.07) is 9.97. The van der Waals surface area contributed by atoms with Gasteiger partial charge >= 0.3 is 0 Å². The van der Waals surface area contributed by atoms with E-state index in [0.29, 0.717) is 12.2 Å². The van der Waals surface area contributed by atoms with Crippen molar-refractivity contribution in [1.29, 1.82) is 0 Å². The lowest BCUT2D eigenvalue weighted by atomic mass is 10.1. The van der Waals surface area contributed by atoms with Crippen LogP contribution in [-0.4, -0.2) is 45.3 Å². The lowest BCUT2D eigenvalue weighted by molar-refractivity contribution is 0.0746. The summed E-state index contributed by atoms with van der Waals surface area (Å²) in [7, 11) is 0. The molecule has 0 saturated carbocycles. The third-order valence-corrected chi connectivity index (χ3v) is 5.58. The van der Waals surface area contributed by atoms with Crippen LogP contribution in [-0.2, 0) is 13.1 Å². The lowest BCUT2D eigenvalue weighted by Crippen LogP contribution is -2.31. The zero-order chi connectivity index (χ0) is 18.8. The maximum atomic E-state index is 13.0. The molecule has 2 aliphatic heterocycles. The van der Waals surface area contributed by atoms with Gasteiger partial charge < -0.3 is 14.9 Å². The molecule has 4 rings (SSSR count). The van der Waals surface area contributed by atoms with Gasteiger partial charge in [-0.1, -0.05) is 0 Å². The minimum Gasteiger partial charge on any atom is -0.387 e. The van der Waals surface area contributed by atoms with Crippen molar-refractivity contribution in [2.24, 2.45) is 0 Å². The highest BCUT2D eigenvalue weighted by Gasteiger charge is 2.23. The van der Waals surface area contributed by atoms with Crippen LogP contribution in [0.3, 0.4) is 0 Å². The van der Waals surface area contributed by atoms with Gasteiger partial charge in [-0.2, -0.15) is 5.10 Å². The van der Waals surface area contributed by atoms with Crippen LogP contribution in [0.1, 0.15) is 60.5 Å². The first-order chi connectivity index (χ1) is 13.1. The highest BCUT2D eigenvalue weighted by molar-refractivity contribution is 5.94. The van der Waals surface area contributed by atoms with Crippen molar-refractivity contribution in [1.82, 2.24) is 14.7 Å². The molecule has 0 spiro atoms. The molecule has 27 heavy (non-hydrogen) atoms. The smallest absolute Gasteiger partial charge is 0.254 e. The first kappa shape index (κ1) is 18.0. The second-order valence-corrected chi connectivity index (χ2v) is 7.63. The molecule has 1 aromatic heterocycles. The summed E-state index contributed by atoms with van der Waals surface area (Å²) in [4.78, 5) is 17.3. The van der Waals surface area contributed by atoms with Crippen LogP contribution in [0.2, 0.25) is 0 Å². The van der Waals surface area contributed by atoms with E-state index in [2.05, 4.69) is 22.1 Å². The van der Waals surface area contributed by atoms with Crippen LogP contribution < -0.4 is 4.90 Å². The van der Waals surface area contributed by atoms with E-state index in [1.165, 1.54) is 24.9 Å². The molecule has 1 aromatic carbocycles. The van der Waals surface area contributed by atoms with Crippen LogP contribution in [0.15, 0.2) is 30.3 Å². The number of piperidine rings is 1. The fourth-order valence-corrected chi connectivity index (χ4v) is 4.01. The van der Waals surface area contributed by atoms with E-state index in [4.69, 9.17) is 0 Å². The zero-order valence-corrected chi connectivity index (χ0v) is 16.0. The topological polar surface area (TPSA) is 61.6 Å². The molecule has 0 radical (unpaired) electrons. The lowest BCUT2D eigenvalue weighted by Gasteiger charge is -2.29. The van der Waals surface area contributed by atoms with Crippen molar-refractivity contribution < 1.29 is 9.90 Å². The summed E-state index contributed by atoms with van der Waals surface area (Å²) < 4.78 is 1.93. The molecule has 6 nitrogen and oxygen atoms in total. The Morgan fingerprint density at radius 1 is 1.04 bits per heavy atom. The first-order valence-corrected chi connectivity index (χ1v) is 10.0. The Kier molecular flexibility index (Phi) is 5.16. The third-order valence-electron chi connectivity index (χ3n) is 5.58. The van der Waals surface area contributed by atoms with Gasteiger partial charge in [-0.05, 0) is 62.9 Å². The van der Waals surface area contributed by atoms with E-state index in [1.54, 1.807) is 6.92 Å². The number of benzene rings is 1. The molecule has 1 saturated heterocycles. The second kappa shape index (κ2) is 7.72. The molecule has 1 fully saturated rings. The Morgan fingerprint density at radius 2 is 1.78 bits per heavy atom. The maximum absolute atomic E-state index is 13.0. The fraction of sp³-hybridized carbons (Fsp3) is 0.524. The van der Waals surface area contributed by atoms with Crippen molar-refractivity contribution in [2.45, 2.75) is 51.8 Å². The SMILES string of the molecule is C[C@H](O)c1cc2n(n1)CCCN(C(=O)c1ccc(N3CCCCC3)cc1)C2. The Hall–Kier alpha value is -2.34. The van der Waals surface area contributed by atoms with Gasteiger partial charge in [0.15, 0.2) is 0 Å². The minimum absolute atomic E-state index is 0.0634. The van der Waals surface area contributed by atoms with E-state index in [-0.39, 0.29) is 5.91 Å². The van der Waals surface area contributed by atoms with Crippen molar-refractivity contribution >= 4 is 11.6 Å². The zero-order valence-electron chi connectivity index (χ0n) is 16.0. The number of carbonyl (C=O) groups is 1. The molecular formula is C21H28N4O2. The number of aliphatic hydroxyl groups is 1. The number of amides is 1. The Balaban J connectivity index is 1.48. The van der Waals surface area contributed by atoms with Gasteiger partial charge in [0.05, 0.1) is 24.0 Å². The molecule has 1 amide bonds. The number of aliphatic hydroxyl groups excluding tert-OH is 1. The van der Waals surface area contributed by atoms with Gasteiger partial charge in [0.25, 0.3) is 5.91 Å². The number of fused-ring (bicyclic) bond motifs is 1. The molecule has 1 N–H and O–H groups in total. The molecular weight excluding hydrogens is 340 g/mol. The van der Waals surface area contributed by atoms with Gasteiger partial charge in [0.1, 0.15) is 0 Å². The monoisotopic (exact) mass is 368 g/mol. The standard InChI is InChI=1S/C21H28N4O2/c1-16(26)20-14-19-15-24(12-5-13-25(19)22-20)21(27)17-6-8-18(9-7-17)23-10-3-2-4-11-23/h6-9,14,16,26H,2-5,10-13,15H2,1H3/t16-/m0/s1. The van der Waals surface area contributed by atoms with Crippen molar-refractivity contribution in [3.8, 4) is 0 Å². The van der Waals surface area contributed by atoms with Crippen molar-refractivity contribution in [3.05, 3.63) is 47.3 Å². The Bertz CT molecular complexity index is 791. The maximum Gasteiger partial charge on any atom is 0.254 e. The highest BCUT2D eigenvalue weighted by Crippen LogP contribution is 2.22. The number of aryl methyl sites for hydroxylation is 1. The largest absolute Gasteiger partial charge is 0.387 e. The van der Waals surface area contributed by atoms with Crippen LogP contribution in [0.25, 0.3) is 0 Å². The summed E-state index contributed by atoms with van der Waals surface area (Å²) >= 11 is 0. The van der Waals surface area contributed by atoms with Crippen LogP contribution in [0, 0.1) is 0 Å². The average Bonchev–Trinajstić information content (AvgIpc) is 3.00. The van der Waals surface area contributed by atoms with E-state index < -0.39 is 6.10 Å². The van der Waals surface area contributed by atoms with Crippen molar-refractivity contribution in [3.63, 3.8) is 0 Å². The molecule has 144 valence electrons. The number of hydrogen-bond donors (Lipinski definition) is 1. The molecule has 1 atom stereocenters. The van der Waals surface area contributed by atoms with E-state index in [1.807, 2.05) is 27.8 Å². The Labute approximate surface area is 160 Å². The fourth-order valence-electron chi connectivity index (χ4n) is 4.01. The molecule has 2 aromatic rings. The highest BCUT2D eigenvalue weighted by atomic mass is 16.3. The van der Waals surface area contributed by atoms with E-state index in [0.717, 1.165) is 43.9 Å². The summed E-state index contributed by atoms with van der Waals surface area (Å²) in [6.45, 7) is 5.96. The predicted molar refractivity (Wildman–Crippen MR) is 105 cm³/mol. The number of carbonyl (C=O) groups excluding carboxylic acids is 1. The molecule has 6 heteroatoms. The van der Waals surface area contributed by atoms with Gasteiger partial charge in [-0.3, -0.25) is 9.48 Å². The molecule has 2 aliphatic rings. The first-order valence-electron chi connectivity index (χ1n) is 10.0. The van der Waals surface area contributed by atoms with E-state index >= 15 is 0 Å². The number of hydrogen-bond acceptors (Lipinski definition) is 4. The quantitative estimate of drug-likeness (QED) is 0.905. The molecule has 0 bridgehead atoms. The van der Waals surface area contributed by atoms with Crippen LogP contribution >= 0.6 is 0 Å². The minimum atomic E-state index is -0.587. The number of aromatic nitrogens is 2. The van der Waals surface area contributed by atoms with Gasteiger partial charge in [0, 0.05) is 37.4 Å². The summed E-state index contributed by atoms with van der Waals surface area (Å²) in [6.07, 6.45) is 4.09. The average molecular weight is 368 g/mol. The molecule has 3 heterocycles. The Morgan fingerprint density at radius 3 is 2.48 bits per heavy atom. The van der Waals surface area contributed by atoms with Crippen LogP contribution in [0.4, 0.5) is 5.69 Å². The van der Waals surface area contributed by atoms with Gasteiger partial charge in [0.2, 0.25) is 0 Å². The molecule has 0 aliphatic carbocycles. The third kappa shape index (κ3) is 3.86. The van der Waals surface area contributed by atoms with Crippen molar-refractivity contribution in [2.75, 3.05) is 24.5 Å². The second-order valence-electron chi connectivity index (χ2n) is 7.63. The van der Waals surface area contributed by atoms with Gasteiger partial charge in [-0.25, -0.2) is 0 Å². The summed E-state index contributed by atoms with van der Waals surface area (Å²) in [5.74, 6) is 0.0634. The number of rotatable bonds is 3. The molecule has 0 unspecified atom stereocenters. The van der Waals surface area contributed by atoms with E-state index in [9.17, 15) is 9.90 Å². The normalized spacial score (nSPS) is 18.7.